The number of fused-ring (bicyclic) bond motifs is 13. The standard InChI is InChI=1S/C47H47NO5/c1-49-39-24-35-36(25-40(39)50-2)45-34(44-43(35)37-26-41(51-3)42(52-4)27-38(37)46(44)28-29-13-14-32(46)23-29)19-20-47(53-45,30-11-7-5-8-12-30)31-15-17-33(18-16-31)48-21-9-6-10-22-48/h5,7-8,11-12,15-20,24-27,29,32H,6,9-10,13-14,21-23,28H2,1-4H3. The SMILES string of the molecule is COc1cc2c(cc1OC)C1(CC3CCC1C3)c1c3c(c4cc(OC)c(OC)cc4c1-2)OC(c1ccccc1)(c1ccc(N2CCCCC2)cc1)C=C3. The maximum Gasteiger partial charge on any atom is 0.178 e. The van der Waals surface area contributed by atoms with E-state index in [0.29, 0.717) is 23.3 Å². The summed E-state index contributed by atoms with van der Waals surface area (Å²) < 4.78 is 31.6. The molecule has 0 N–H and O–H groups in total. The molecule has 6 nitrogen and oxygen atoms in total. The molecular weight excluding hydrogens is 659 g/mol. The van der Waals surface area contributed by atoms with Gasteiger partial charge in [0.2, 0.25) is 0 Å². The summed E-state index contributed by atoms with van der Waals surface area (Å²) in [5.41, 5.74) is 8.82. The van der Waals surface area contributed by atoms with Gasteiger partial charge in [0.25, 0.3) is 0 Å². The highest BCUT2D eigenvalue weighted by molar-refractivity contribution is 6.10. The molecule has 5 aliphatic rings. The van der Waals surface area contributed by atoms with Crippen LogP contribution in [0.5, 0.6) is 28.7 Å². The topological polar surface area (TPSA) is 49.4 Å². The Morgan fingerprint density at radius 1 is 0.698 bits per heavy atom. The lowest BCUT2D eigenvalue weighted by Gasteiger charge is -2.41. The van der Waals surface area contributed by atoms with Crippen molar-refractivity contribution < 1.29 is 23.7 Å². The molecule has 5 aromatic rings. The normalized spacial score (nSPS) is 24.9. The van der Waals surface area contributed by atoms with Crippen molar-refractivity contribution in [2.45, 2.75) is 56.0 Å². The average molecular weight is 706 g/mol. The van der Waals surface area contributed by atoms with Crippen molar-refractivity contribution in [3.05, 3.63) is 113 Å². The van der Waals surface area contributed by atoms with Gasteiger partial charge in [-0.05, 0) is 120 Å². The van der Waals surface area contributed by atoms with Crippen molar-refractivity contribution in [2.24, 2.45) is 11.8 Å². The van der Waals surface area contributed by atoms with Crippen molar-refractivity contribution in [2.75, 3.05) is 46.4 Å². The zero-order valence-electron chi connectivity index (χ0n) is 31.2. The molecule has 1 spiro atoms. The predicted molar refractivity (Wildman–Crippen MR) is 211 cm³/mol. The summed E-state index contributed by atoms with van der Waals surface area (Å²) >= 11 is 0. The molecule has 2 heterocycles. The molecule has 3 aliphatic carbocycles. The summed E-state index contributed by atoms with van der Waals surface area (Å²) in [6.07, 6.45) is 13.4. The van der Waals surface area contributed by atoms with Gasteiger partial charge in [0.15, 0.2) is 28.6 Å². The van der Waals surface area contributed by atoms with Crippen LogP contribution in [0.25, 0.3) is 28.0 Å². The summed E-state index contributed by atoms with van der Waals surface area (Å²) in [7, 11) is 6.89. The minimum absolute atomic E-state index is 0.158. The Hall–Kier alpha value is -5.10. The van der Waals surface area contributed by atoms with Crippen LogP contribution in [-0.4, -0.2) is 41.5 Å². The van der Waals surface area contributed by atoms with E-state index in [1.807, 2.05) is 0 Å². The van der Waals surface area contributed by atoms with Crippen LogP contribution in [0.15, 0.2) is 84.9 Å². The Morgan fingerprint density at radius 3 is 2.02 bits per heavy atom. The molecule has 2 saturated carbocycles. The predicted octanol–water partition coefficient (Wildman–Crippen LogP) is 10.3. The van der Waals surface area contributed by atoms with Crippen LogP contribution in [0.3, 0.4) is 0 Å². The zero-order valence-corrected chi connectivity index (χ0v) is 31.2. The lowest BCUT2D eigenvalue weighted by atomic mass is 9.65. The number of anilines is 1. The van der Waals surface area contributed by atoms with Gasteiger partial charge in [-0.3, -0.25) is 0 Å². The van der Waals surface area contributed by atoms with Crippen LogP contribution < -0.4 is 28.6 Å². The van der Waals surface area contributed by atoms with Crippen molar-refractivity contribution in [3.8, 4) is 39.9 Å². The maximum atomic E-state index is 7.71. The highest BCUT2D eigenvalue weighted by atomic mass is 16.5. The van der Waals surface area contributed by atoms with E-state index in [0.717, 1.165) is 64.2 Å². The first-order valence-corrected chi connectivity index (χ1v) is 19.3. The first-order chi connectivity index (χ1) is 26.0. The van der Waals surface area contributed by atoms with Gasteiger partial charge < -0.3 is 28.6 Å². The Bertz CT molecular complexity index is 2270. The molecule has 6 heteroatoms. The Kier molecular flexibility index (Phi) is 7.51. The molecule has 270 valence electrons. The summed E-state index contributed by atoms with van der Waals surface area (Å²) in [5.74, 6) is 5.01. The Morgan fingerprint density at radius 2 is 1.36 bits per heavy atom. The van der Waals surface area contributed by atoms with Crippen molar-refractivity contribution in [1.82, 2.24) is 0 Å². The second kappa shape index (κ2) is 12.2. The van der Waals surface area contributed by atoms with Gasteiger partial charge in [-0.2, -0.15) is 0 Å². The highest BCUT2D eigenvalue weighted by Crippen LogP contribution is 2.70. The first kappa shape index (κ1) is 32.5. The van der Waals surface area contributed by atoms with Gasteiger partial charge in [0.1, 0.15) is 5.75 Å². The lowest BCUT2D eigenvalue weighted by molar-refractivity contribution is 0.163. The quantitative estimate of drug-likeness (QED) is 0.168. The molecule has 1 saturated heterocycles. The second-order valence-electron chi connectivity index (χ2n) is 15.7. The van der Waals surface area contributed by atoms with Gasteiger partial charge in [0.05, 0.1) is 28.4 Å². The number of hydrogen-bond acceptors (Lipinski definition) is 6. The van der Waals surface area contributed by atoms with Crippen molar-refractivity contribution in [3.63, 3.8) is 0 Å². The fourth-order valence-corrected chi connectivity index (χ4v) is 11.0. The summed E-state index contributed by atoms with van der Waals surface area (Å²) in [4.78, 5) is 2.52. The third kappa shape index (κ3) is 4.57. The lowest BCUT2D eigenvalue weighted by Crippen LogP contribution is -2.36. The minimum Gasteiger partial charge on any atom is -0.493 e. The second-order valence-corrected chi connectivity index (χ2v) is 15.7. The summed E-state index contributed by atoms with van der Waals surface area (Å²) in [6, 6.07) is 28.6. The van der Waals surface area contributed by atoms with E-state index in [1.54, 1.807) is 28.4 Å². The molecule has 2 bridgehead atoms. The van der Waals surface area contributed by atoms with E-state index in [4.69, 9.17) is 23.7 Å². The maximum absolute atomic E-state index is 7.71. The van der Waals surface area contributed by atoms with E-state index in [2.05, 4.69) is 95.9 Å². The molecule has 4 atom stereocenters. The van der Waals surface area contributed by atoms with Crippen LogP contribution >= 0.6 is 0 Å². The van der Waals surface area contributed by atoms with Crippen LogP contribution in [-0.2, 0) is 11.0 Å². The third-order valence-electron chi connectivity index (χ3n) is 13.3. The van der Waals surface area contributed by atoms with E-state index in [1.165, 1.54) is 66.5 Å². The number of nitrogens with zero attached hydrogens (tertiary/aromatic N) is 1. The number of ether oxygens (including phenoxy) is 5. The molecule has 53 heavy (non-hydrogen) atoms. The summed E-state index contributed by atoms with van der Waals surface area (Å²) in [5, 5.41) is 2.11. The highest BCUT2D eigenvalue weighted by Gasteiger charge is 2.59. The number of benzene rings is 5. The molecule has 10 rings (SSSR count). The van der Waals surface area contributed by atoms with Gasteiger partial charge >= 0.3 is 0 Å². The molecule has 4 unspecified atom stereocenters. The van der Waals surface area contributed by atoms with Gasteiger partial charge in [-0.25, -0.2) is 0 Å². The molecule has 0 radical (unpaired) electrons. The van der Waals surface area contributed by atoms with E-state index >= 15 is 0 Å². The van der Waals surface area contributed by atoms with Crippen LogP contribution in [0.1, 0.15) is 72.8 Å². The van der Waals surface area contributed by atoms with Gasteiger partial charge in [-0.1, -0.05) is 55.0 Å². The first-order valence-electron chi connectivity index (χ1n) is 19.3. The summed E-state index contributed by atoms with van der Waals surface area (Å²) in [6.45, 7) is 2.22. The largest absolute Gasteiger partial charge is 0.493 e. The van der Waals surface area contributed by atoms with E-state index < -0.39 is 5.60 Å². The van der Waals surface area contributed by atoms with Gasteiger partial charge in [-0.15, -0.1) is 0 Å². The molecular formula is C47H47NO5. The van der Waals surface area contributed by atoms with E-state index in [-0.39, 0.29) is 5.41 Å². The number of rotatable bonds is 7. The van der Waals surface area contributed by atoms with Crippen molar-refractivity contribution in [1.29, 1.82) is 0 Å². The molecule has 5 aromatic carbocycles. The Labute approximate surface area is 312 Å². The molecule has 2 aliphatic heterocycles. The fraction of sp³-hybridized carbons (Fsp3) is 0.362. The van der Waals surface area contributed by atoms with Crippen LogP contribution in [0.2, 0.25) is 0 Å². The van der Waals surface area contributed by atoms with E-state index in [9.17, 15) is 0 Å². The number of piperidine rings is 1. The number of methoxy groups -OCH3 is 4. The van der Waals surface area contributed by atoms with Crippen molar-refractivity contribution >= 4 is 22.5 Å². The van der Waals surface area contributed by atoms with Crippen LogP contribution in [0, 0.1) is 11.8 Å². The third-order valence-corrected chi connectivity index (χ3v) is 13.3. The van der Waals surface area contributed by atoms with Crippen LogP contribution in [0.4, 0.5) is 5.69 Å². The molecule has 3 fully saturated rings. The Balaban J connectivity index is 1.26. The minimum atomic E-state index is -0.844. The average Bonchev–Trinajstić information content (AvgIpc) is 3.92. The fourth-order valence-electron chi connectivity index (χ4n) is 11.0. The monoisotopic (exact) mass is 705 g/mol. The zero-order chi connectivity index (χ0) is 35.9. The number of hydrogen-bond donors (Lipinski definition) is 0. The molecule has 0 amide bonds. The van der Waals surface area contributed by atoms with Gasteiger partial charge in [0, 0.05) is 46.3 Å². The smallest absolute Gasteiger partial charge is 0.178 e. The molecule has 0 aromatic heterocycles.